The Balaban J connectivity index is 2.09. The molecule has 1 aliphatic heterocycles. The van der Waals surface area contributed by atoms with Crippen LogP contribution < -0.4 is 0 Å². The summed E-state index contributed by atoms with van der Waals surface area (Å²) >= 11 is 6.96. The average molecular weight is 391 g/mol. The number of hydrogen-bond acceptors (Lipinski definition) is 2. The Morgan fingerprint density at radius 3 is 2.79 bits per heavy atom. The third kappa shape index (κ3) is 3.58. The van der Waals surface area contributed by atoms with E-state index in [2.05, 4.69) is 48.9 Å². The van der Waals surface area contributed by atoms with Crippen LogP contribution in [0.3, 0.4) is 0 Å². The third-order valence-corrected chi connectivity index (χ3v) is 5.69. The fraction of sp³-hybridized carbons (Fsp3) is 0.500. The van der Waals surface area contributed by atoms with Crippen molar-refractivity contribution in [2.24, 2.45) is 5.92 Å². The van der Waals surface area contributed by atoms with Crippen LogP contribution >= 0.6 is 31.9 Å². The molecule has 1 fully saturated rings. The highest BCUT2D eigenvalue weighted by atomic mass is 79.9. The van der Waals surface area contributed by atoms with Gasteiger partial charge < -0.3 is 5.11 Å². The Kier molecular flexibility index (Phi) is 5.03. The number of hydrogen-bond donors (Lipinski definition) is 1. The summed E-state index contributed by atoms with van der Waals surface area (Å²) in [7, 11) is 0. The van der Waals surface area contributed by atoms with E-state index in [1.165, 1.54) is 5.56 Å². The molecule has 0 amide bonds. The van der Waals surface area contributed by atoms with Crippen molar-refractivity contribution >= 4 is 37.8 Å². The number of aliphatic carboxylic acids is 1. The largest absolute Gasteiger partial charge is 0.481 e. The molecule has 0 radical (unpaired) electrons. The van der Waals surface area contributed by atoms with Crippen LogP contribution in [0.15, 0.2) is 27.1 Å². The molecule has 1 aromatic rings. The van der Waals surface area contributed by atoms with Crippen LogP contribution in [0.4, 0.5) is 0 Å². The molecule has 1 heterocycles. The summed E-state index contributed by atoms with van der Waals surface area (Å²) in [6.07, 6.45) is 1.75. The van der Waals surface area contributed by atoms with Crippen LogP contribution in [0.2, 0.25) is 0 Å². The molecule has 0 spiro atoms. The molecule has 1 aliphatic rings. The minimum atomic E-state index is -0.672. The number of halogens is 2. The molecule has 1 saturated heterocycles. The maximum Gasteiger partial charge on any atom is 0.308 e. The van der Waals surface area contributed by atoms with Crippen molar-refractivity contribution in [1.29, 1.82) is 0 Å². The topological polar surface area (TPSA) is 40.5 Å². The molecule has 2 rings (SSSR count). The van der Waals surface area contributed by atoms with E-state index in [0.29, 0.717) is 0 Å². The van der Waals surface area contributed by atoms with Crippen molar-refractivity contribution in [2.45, 2.75) is 32.4 Å². The van der Waals surface area contributed by atoms with Gasteiger partial charge in [-0.15, -0.1) is 0 Å². The maximum atomic E-state index is 11.2. The Bertz CT molecular complexity index is 479. The molecule has 1 N–H and O–H groups in total. The number of benzene rings is 1. The van der Waals surface area contributed by atoms with E-state index in [0.717, 1.165) is 34.9 Å². The third-order valence-electron chi connectivity index (χ3n) is 3.81. The lowest BCUT2D eigenvalue weighted by Crippen LogP contribution is -2.45. The minimum Gasteiger partial charge on any atom is -0.481 e. The molecule has 0 bridgehead atoms. The normalized spacial score (nSPS) is 24.4. The molecule has 0 aromatic heterocycles. The number of carboxylic acid groups (broad SMARTS) is 1. The first-order valence-corrected chi connectivity index (χ1v) is 7.98. The van der Waals surface area contributed by atoms with E-state index in [-0.39, 0.29) is 12.0 Å². The van der Waals surface area contributed by atoms with Gasteiger partial charge in [0, 0.05) is 21.5 Å². The molecule has 0 aliphatic carbocycles. The minimum absolute atomic E-state index is 0.0914. The molecule has 104 valence electrons. The van der Waals surface area contributed by atoms with Gasteiger partial charge in [-0.1, -0.05) is 6.07 Å². The van der Waals surface area contributed by atoms with Crippen molar-refractivity contribution < 1.29 is 9.90 Å². The standard InChI is InChI=1S/C14H17Br2NO2/c1-9-11(14(18)19)3-2-6-17(9)8-10-4-5-12(15)13(16)7-10/h4-5,7,9,11H,2-3,6,8H2,1H3,(H,18,19)/t9-,11-/m1/s1. The summed E-state index contributed by atoms with van der Waals surface area (Å²) in [6, 6.07) is 6.27. The summed E-state index contributed by atoms with van der Waals surface area (Å²) in [6.45, 7) is 3.79. The zero-order valence-electron chi connectivity index (χ0n) is 10.8. The van der Waals surface area contributed by atoms with Gasteiger partial charge in [-0.25, -0.2) is 0 Å². The Morgan fingerprint density at radius 1 is 1.42 bits per heavy atom. The number of carboxylic acids is 1. The second-order valence-corrected chi connectivity index (χ2v) is 6.76. The quantitative estimate of drug-likeness (QED) is 0.850. The fourth-order valence-electron chi connectivity index (χ4n) is 2.64. The first-order valence-electron chi connectivity index (χ1n) is 6.40. The zero-order valence-corrected chi connectivity index (χ0v) is 13.9. The predicted molar refractivity (Wildman–Crippen MR) is 82.1 cm³/mol. The highest BCUT2D eigenvalue weighted by molar-refractivity contribution is 9.13. The number of carbonyl (C=O) groups is 1. The van der Waals surface area contributed by atoms with Crippen LogP contribution in [0, 0.1) is 5.92 Å². The van der Waals surface area contributed by atoms with Gasteiger partial charge in [0.1, 0.15) is 0 Å². The van der Waals surface area contributed by atoms with Gasteiger partial charge in [0.05, 0.1) is 5.92 Å². The maximum absolute atomic E-state index is 11.2. The molecule has 0 saturated carbocycles. The lowest BCUT2D eigenvalue weighted by molar-refractivity contribution is -0.145. The molecule has 3 nitrogen and oxygen atoms in total. The lowest BCUT2D eigenvalue weighted by Gasteiger charge is -2.37. The molecule has 1 aromatic carbocycles. The summed E-state index contributed by atoms with van der Waals surface area (Å²) in [5.41, 5.74) is 1.20. The van der Waals surface area contributed by atoms with Gasteiger partial charge in [0.15, 0.2) is 0 Å². The molecular formula is C14H17Br2NO2. The van der Waals surface area contributed by atoms with E-state index in [4.69, 9.17) is 0 Å². The van der Waals surface area contributed by atoms with E-state index in [1.54, 1.807) is 0 Å². The molecular weight excluding hydrogens is 374 g/mol. The van der Waals surface area contributed by atoms with Gasteiger partial charge in [0.25, 0.3) is 0 Å². The van der Waals surface area contributed by atoms with Crippen molar-refractivity contribution in [3.05, 3.63) is 32.7 Å². The van der Waals surface area contributed by atoms with E-state index in [1.807, 2.05) is 13.0 Å². The van der Waals surface area contributed by atoms with Crippen molar-refractivity contribution in [3.8, 4) is 0 Å². The van der Waals surface area contributed by atoms with Gasteiger partial charge >= 0.3 is 5.97 Å². The highest BCUT2D eigenvalue weighted by Gasteiger charge is 2.32. The number of likely N-dealkylation sites (tertiary alicyclic amines) is 1. The van der Waals surface area contributed by atoms with Crippen LogP contribution in [0.5, 0.6) is 0 Å². The summed E-state index contributed by atoms with van der Waals surface area (Å²) in [5, 5.41) is 9.23. The Morgan fingerprint density at radius 2 is 2.16 bits per heavy atom. The zero-order chi connectivity index (χ0) is 14.0. The molecule has 0 unspecified atom stereocenters. The SMILES string of the molecule is C[C@@H]1[C@H](C(=O)O)CCCN1Cc1ccc(Br)c(Br)c1. The van der Waals surface area contributed by atoms with E-state index in [9.17, 15) is 9.90 Å². The first kappa shape index (κ1) is 15.0. The summed E-state index contributed by atoms with van der Waals surface area (Å²) in [4.78, 5) is 13.5. The van der Waals surface area contributed by atoms with Gasteiger partial charge in [0.2, 0.25) is 0 Å². The number of nitrogens with zero attached hydrogens (tertiary/aromatic N) is 1. The Labute approximate surface area is 130 Å². The van der Waals surface area contributed by atoms with Gasteiger partial charge in [-0.3, -0.25) is 9.69 Å². The fourth-order valence-corrected chi connectivity index (χ4v) is 3.31. The molecule has 19 heavy (non-hydrogen) atoms. The molecule has 5 heteroatoms. The second-order valence-electron chi connectivity index (χ2n) is 5.05. The lowest BCUT2D eigenvalue weighted by atomic mass is 9.90. The smallest absolute Gasteiger partial charge is 0.308 e. The number of rotatable bonds is 3. The van der Waals surface area contributed by atoms with Gasteiger partial charge in [-0.2, -0.15) is 0 Å². The predicted octanol–water partition coefficient (Wildman–Crippen LogP) is 3.90. The van der Waals surface area contributed by atoms with Crippen LogP contribution in [0.25, 0.3) is 0 Å². The van der Waals surface area contributed by atoms with E-state index >= 15 is 0 Å². The average Bonchev–Trinajstić information content (AvgIpc) is 2.36. The van der Waals surface area contributed by atoms with Crippen LogP contribution in [0.1, 0.15) is 25.3 Å². The second kappa shape index (κ2) is 6.37. The summed E-state index contributed by atoms with van der Waals surface area (Å²) in [5.74, 6) is -0.915. The summed E-state index contributed by atoms with van der Waals surface area (Å²) < 4.78 is 2.07. The van der Waals surface area contributed by atoms with Crippen molar-refractivity contribution in [3.63, 3.8) is 0 Å². The first-order chi connectivity index (χ1) is 8.99. The van der Waals surface area contributed by atoms with Gasteiger partial charge in [-0.05, 0) is 75.9 Å². The Hall–Kier alpha value is -0.390. The monoisotopic (exact) mass is 389 g/mol. The van der Waals surface area contributed by atoms with Crippen molar-refractivity contribution in [1.82, 2.24) is 4.90 Å². The van der Waals surface area contributed by atoms with E-state index < -0.39 is 5.97 Å². The van der Waals surface area contributed by atoms with Crippen LogP contribution in [-0.2, 0) is 11.3 Å². The molecule has 2 atom stereocenters. The van der Waals surface area contributed by atoms with Crippen LogP contribution in [-0.4, -0.2) is 28.6 Å². The van der Waals surface area contributed by atoms with Crippen molar-refractivity contribution in [2.75, 3.05) is 6.54 Å². The number of piperidine rings is 1. The highest BCUT2D eigenvalue weighted by Crippen LogP contribution is 2.28.